The lowest BCUT2D eigenvalue weighted by Crippen LogP contribution is -2.43. The van der Waals surface area contributed by atoms with E-state index in [0.717, 1.165) is 31.5 Å². The maximum absolute atomic E-state index is 13.6. The van der Waals surface area contributed by atoms with E-state index >= 15 is 0 Å². The summed E-state index contributed by atoms with van der Waals surface area (Å²) in [5, 5.41) is 22.5. The highest BCUT2D eigenvalue weighted by Crippen LogP contribution is 2.25. The molecule has 8 heteroatoms. The number of halogens is 1. The minimum absolute atomic E-state index is 0.108. The zero-order chi connectivity index (χ0) is 21.1. The van der Waals surface area contributed by atoms with Gasteiger partial charge in [-0.1, -0.05) is 6.07 Å². The monoisotopic (exact) mass is 412 g/mol. The van der Waals surface area contributed by atoms with Crippen molar-refractivity contribution in [1.82, 2.24) is 19.8 Å². The molecule has 2 aromatic carbocycles. The highest BCUT2D eigenvalue weighted by molar-refractivity contribution is 5.74. The Morgan fingerprint density at radius 2 is 1.87 bits per heavy atom. The van der Waals surface area contributed by atoms with E-state index in [2.05, 4.69) is 15.2 Å². The second-order valence-corrected chi connectivity index (χ2v) is 7.70. The van der Waals surface area contributed by atoms with Gasteiger partial charge in [-0.3, -0.25) is 4.79 Å². The lowest BCUT2D eigenvalue weighted by molar-refractivity contribution is 0.191. The summed E-state index contributed by atoms with van der Waals surface area (Å²) in [7, 11) is 0. The Bertz CT molecular complexity index is 1090. The molecule has 0 radical (unpaired) electrons. The van der Waals surface area contributed by atoms with Gasteiger partial charge in [0.2, 0.25) is 0 Å². The summed E-state index contributed by atoms with van der Waals surface area (Å²) in [4.78, 5) is 18.6. The van der Waals surface area contributed by atoms with Crippen LogP contribution >= 0.6 is 0 Å². The predicted molar refractivity (Wildman–Crippen MR) is 112 cm³/mol. The van der Waals surface area contributed by atoms with Gasteiger partial charge in [0.15, 0.2) is 11.5 Å². The molecule has 3 N–H and O–H groups in total. The maximum atomic E-state index is 13.6. The summed E-state index contributed by atoms with van der Waals surface area (Å²) < 4.78 is 15.2. The van der Waals surface area contributed by atoms with Gasteiger partial charge in [-0.25, -0.2) is 9.37 Å². The second kappa shape index (κ2) is 8.81. The van der Waals surface area contributed by atoms with Crippen molar-refractivity contribution in [3.8, 4) is 11.5 Å². The summed E-state index contributed by atoms with van der Waals surface area (Å²) in [6.45, 7) is 3.65. The Kier molecular flexibility index (Phi) is 5.96. The van der Waals surface area contributed by atoms with Crippen LogP contribution in [0.2, 0.25) is 0 Å². The number of fused-ring (bicyclic) bond motifs is 1. The summed E-state index contributed by atoms with van der Waals surface area (Å²) >= 11 is 0. The van der Waals surface area contributed by atoms with Crippen molar-refractivity contribution in [2.45, 2.75) is 32.0 Å². The fourth-order valence-electron chi connectivity index (χ4n) is 3.91. The molecule has 1 aliphatic heterocycles. The van der Waals surface area contributed by atoms with E-state index in [-0.39, 0.29) is 22.9 Å². The van der Waals surface area contributed by atoms with Crippen LogP contribution in [0.15, 0.2) is 47.4 Å². The first-order valence-electron chi connectivity index (χ1n) is 10.1. The van der Waals surface area contributed by atoms with Crippen LogP contribution in [0.1, 0.15) is 18.4 Å². The molecule has 0 aliphatic carbocycles. The van der Waals surface area contributed by atoms with Crippen molar-refractivity contribution in [2.24, 2.45) is 0 Å². The number of nitrogens with zero attached hydrogens (tertiary/aromatic N) is 3. The van der Waals surface area contributed by atoms with Gasteiger partial charge in [0, 0.05) is 25.7 Å². The van der Waals surface area contributed by atoms with Crippen molar-refractivity contribution >= 4 is 11.0 Å². The molecule has 0 atom stereocenters. The smallest absolute Gasteiger partial charge is 0.269 e. The molecule has 0 bridgehead atoms. The average molecular weight is 412 g/mol. The molecular formula is C22H25FN4O3. The Hall–Kier alpha value is -2.97. The Labute approximate surface area is 173 Å². The SMILES string of the molecule is O=c1cnc2ccc(F)cc2n1CCN1CCC(NCc2ccc(O)c(O)c2)CC1. The van der Waals surface area contributed by atoms with Gasteiger partial charge in [0.25, 0.3) is 5.56 Å². The van der Waals surface area contributed by atoms with Gasteiger partial charge in [0.1, 0.15) is 5.82 Å². The van der Waals surface area contributed by atoms with Crippen LogP contribution in [-0.4, -0.2) is 50.3 Å². The topological polar surface area (TPSA) is 90.6 Å². The van der Waals surface area contributed by atoms with E-state index < -0.39 is 0 Å². The van der Waals surface area contributed by atoms with Crippen LogP contribution < -0.4 is 10.9 Å². The van der Waals surface area contributed by atoms with Gasteiger partial charge in [-0.05, 0) is 61.8 Å². The molecule has 4 rings (SSSR count). The fourth-order valence-corrected chi connectivity index (χ4v) is 3.91. The zero-order valence-corrected chi connectivity index (χ0v) is 16.6. The van der Waals surface area contributed by atoms with E-state index in [9.17, 15) is 19.4 Å². The summed E-state index contributed by atoms with van der Waals surface area (Å²) in [6, 6.07) is 9.52. The molecular weight excluding hydrogens is 387 g/mol. The van der Waals surface area contributed by atoms with Gasteiger partial charge in [-0.15, -0.1) is 0 Å². The third-order valence-electron chi connectivity index (χ3n) is 5.67. The number of likely N-dealkylation sites (tertiary alicyclic amines) is 1. The van der Waals surface area contributed by atoms with Crippen molar-refractivity contribution in [2.75, 3.05) is 19.6 Å². The van der Waals surface area contributed by atoms with Crippen LogP contribution in [0, 0.1) is 5.82 Å². The molecule has 7 nitrogen and oxygen atoms in total. The summed E-state index contributed by atoms with van der Waals surface area (Å²) in [5.41, 5.74) is 1.83. The number of aromatic hydroxyl groups is 2. The Morgan fingerprint density at radius 3 is 2.63 bits per heavy atom. The number of phenolic OH excluding ortho intramolecular Hbond substituents is 2. The van der Waals surface area contributed by atoms with Crippen LogP contribution in [0.25, 0.3) is 11.0 Å². The third-order valence-corrected chi connectivity index (χ3v) is 5.67. The summed E-state index contributed by atoms with van der Waals surface area (Å²) in [6.07, 6.45) is 3.24. The molecule has 0 spiro atoms. The maximum Gasteiger partial charge on any atom is 0.269 e. The minimum Gasteiger partial charge on any atom is -0.504 e. The number of nitrogens with one attached hydrogen (secondary N) is 1. The number of benzene rings is 2. The predicted octanol–water partition coefficient (Wildman–Crippen LogP) is 2.20. The van der Waals surface area contributed by atoms with Crippen LogP contribution in [-0.2, 0) is 13.1 Å². The first-order valence-corrected chi connectivity index (χ1v) is 10.1. The molecule has 0 amide bonds. The molecule has 1 saturated heterocycles. The molecule has 0 unspecified atom stereocenters. The van der Waals surface area contributed by atoms with E-state index in [1.54, 1.807) is 22.8 Å². The highest BCUT2D eigenvalue weighted by atomic mass is 19.1. The van der Waals surface area contributed by atoms with Crippen LogP contribution in [0.4, 0.5) is 4.39 Å². The van der Waals surface area contributed by atoms with Crippen molar-refractivity contribution in [1.29, 1.82) is 0 Å². The number of phenols is 2. The molecule has 0 saturated carbocycles. The van der Waals surface area contributed by atoms with Crippen LogP contribution in [0.5, 0.6) is 11.5 Å². The molecule has 1 aromatic heterocycles. The van der Waals surface area contributed by atoms with Crippen molar-refractivity contribution < 1.29 is 14.6 Å². The lowest BCUT2D eigenvalue weighted by atomic mass is 10.0. The highest BCUT2D eigenvalue weighted by Gasteiger charge is 2.19. The fraction of sp³-hybridized carbons (Fsp3) is 0.364. The van der Waals surface area contributed by atoms with Crippen molar-refractivity contribution in [3.63, 3.8) is 0 Å². The average Bonchev–Trinajstić information content (AvgIpc) is 2.74. The standard InChI is InChI=1S/C22H25FN4O3/c23-16-2-3-18-19(12-16)27(22(30)14-25-18)10-9-26-7-5-17(6-8-26)24-13-15-1-4-20(28)21(29)11-15/h1-4,11-12,14,17,24,28-29H,5-10,13H2. The first-order chi connectivity index (χ1) is 14.5. The Morgan fingerprint density at radius 1 is 1.07 bits per heavy atom. The minimum atomic E-state index is -0.377. The molecule has 30 heavy (non-hydrogen) atoms. The van der Waals surface area contributed by atoms with Gasteiger partial charge in [0.05, 0.1) is 17.2 Å². The van der Waals surface area contributed by atoms with E-state index in [1.165, 1.54) is 24.4 Å². The molecule has 2 heterocycles. The largest absolute Gasteiger partial charge is 0.504 e. The van der Waals surface area contributed by atoms with Crippen LogP contribution in [0.3, 0.4) is 0 Å². The normalized spacial score (nSPS) is 15.6. The summed E-state index contributed by atoms with van der Waals surface area (Å²) in [5.74, 6) is -0.601. The van der Waals surface area contributed by atoms with E-state index in [1.807, 2.05) is 0 Å². The number of rotatable bonds is 6. The molecule has 1 aliphatic rings. The van der Waals surface area contributed by atoms with Gasteiger partial charge < -0.3 is 25.0 Å². The quantitative estimate of drug-likeness (QED) is 0.538. The number of hydrogen-bond acceptors (Lipinski definition) is 6. The second-order valence-electron chi connectivity index (χ2n) is 7.70. The third kappa shape index (κ3) is 4.60. The number of hydrogen-bond donors (Lipinski definition) is 3. The first kappa shape index (κ1) is 20.3. The van der Waals surface area contributed by atoms with E-state index in [0.29, 0.717) is 36.7 Å². The van der Waals surface area contributed by atoms with E-state index in [4.69, 9.17) is 0 Å². The molecule has 3 aromatic rings. The lowest BCUT2D eigenvalue weighted by Gasteiger charge is -2.32. The Balaban J connectivity index is 1.30. The van der Waals surface area contributed by atoms with Gasteiger partial charge >= 0.3 is 0 Å². The number of aromatic nitrogens is 2. The molecule has 1 fully saturated rings. The molecule has 158 valence electrons. The van der Waals surface area contributed by atoms with Gasteiger partial charge in [-0.2, -0.15) is 0 Å². The zero-order valence-electron chi connectivity index (χ0n) is 16.6. The van der Waals surface area contributed by atoms with Crippen molar-refractivity contribution in [3.05, 3.63) is 64.3 Å². The number of piperidine rings is 1.